The van der Waals surface area contributed by atoms with E-state index in [1.807, 2.05) is 6.92 Å². The fraction of sp³-hybridized carbons (Fsp3) is 0.273. The molecule has 0 bridgehead atoms. The minimum Gasteiger partial charge on any atom is -0.421 e. The third kappa shape index (κ3) is 3.24. The molecule has 5 rings (SSSR count). The normalized spacial score (nSPS) is 14.3. The molecular formula is C22H20N8O2. The van der Waals surface area contributed by atoms with Crippen LogP contribution in [-0.2, 0) is 0 Å². The Kier molecular flexibility index (Phi) is 4.59. The van der Waals surface area contributed by atoms with Crippen LogP contribution >= 0.6 is 0 Å². The van der Waals surface area contributed by atoms with Gasteiger partial charge in [0.05, 0.1) is 16.9 Å². The second-order valence-corrected chi connectivity index (χ2v) is 7.70. The second kappa shape index (κ2) is 7.46. The number of nitrogens with two attached hydrogens (primary N) is 1. The molecule has 0 unspecified atom stereocenters. The van der Waals surface area contributed by atoms with Crippen molar-refractivity contribution < 1.29 is 4.42 Å². The van der Waals surface area contributed by atoms with Crippen molar-refractivity contribution in [3.05, 3.63) is 52.2 Å². The maximum atomic E-state index is 13.4. The van der Waals surface area contributed by atoms with Crippen LogP contribution in [0.4, 0.5) is 11.6 Å². The summed E-state index contributed by atoms with van der Waals surface area (Å²) in [4.78, 5) is 26.6. The Morgan fingerprint density at radius 2 is 2.12 bits per heavy atom. The molecule has 10 heteroatoms. The Morgan fingerprint density at radius 1 is 1.31 bits per heavy atom. The number of rotatable bonds is 5. The molecule has 160 valence electrons. The van der Waals surface area contributed by atoms with Gasteiger partial charge in [-0.2, -0.15) is 0 Å². The summed E-state index contributed by atoms with van der Waals surface area (Å²) in [5.74, 6) is 4.39. The number of hydrogen-bond acceptors (Lipinski definition) is 9. The van der Waals surface area contributed by atoms with Gasteiger partial charge in [0.1, 0.15) is 29.4 Å². The van der Waals surface area contributed by atoms with Crippen LogP contribution in [0.15, 0.2) is 33.7 Å². The first kappa shape index (κ1) is 19.7. The molecule has 1 aromatic carbocycles. The van der Waals surface area contributed by atoms with Crippen molar-refractivity contribution in [3.8, 4) is 23.8 Å². The van der Waals surface area contributed by atoms with E-state index in [9.17, 15) is 4.79 Å². The number of terminal acetylenes is 1. The lowest BCUT2D eigenvalue weighted by Crippen LogP contribution is -2.28. The molecule has 1 saturated carbocycles. The van der Waals surface area contributed by atoms with Gasteiger partial charge in [-0.05, 0) is 31.9 Å². The number of aryl methyl sites for hydroxylation is 1. The van der Waals surface area contributed by atoms with Crippen LogP contribution in [0.3, 0.4) is 0 Å². The van der Waals surface area contributed by atoms with Crippen LogP contribution < -0.4 is 16.6 Å². The summed E-state index contributed by atoms with van der Waals surface area (Å²) < 4.78 is 7.28. The maximum absolute atomic E-state index is 13.4. The number of fused-ring (bicyclic) bond motifs is 1. The van der Waals surface area contributed by atoms with Crippen LogP contribution in [0.5, 0.6) is 0 Å². The van der Waals surface area contributed by atoms with E-state index in [1.165, 1.54) is 6.33 Å². The minimum absolute atomic E-state index is 0.0954. The number of nitrogen functional groups attached to an aromatic ring is 1. The maximum Gasteiger partial charge on any atom is 0.262 e. The smallest absolute Gasteiger partial charge is 0.262 e. The van der Waals surface area contributed by atoms with Crippen LogP contribution in [0.2, 0.25) is 0 Å². The van der Waals surface area contributed by atoms with Crippen LogP contribution in [0.1, 0.15) is 49.1 Å². The number of aromatic nitrogens is 6. The fourth-order valence-corrected chi connectivity index (χ4v) is 3.76. The summed E-state index contributed by atoms with van der Waals surface area (Å²) in [6.07, 6.45) is 8.80. The Hall–Kier alpha value is -4.26. The number of anilines is 2. The van der Waals surface area contributed by atoms with Gasteiger partial charge in [0, 0.05) is 18.5 Å². The molecule has 1 atom stereocenters. The van der Waals surface area contributed by atoms with E-state index in [-0.39, 0.29) is 29.4 Å². The average Bonchev–Trinajstić information content (AvgIpc) is 3.53. The molecule has 0 amide bonds. The molecule has 3 aromatic heterocycles. The molecule has 1 aliphatic rings. The van der Waals surface area contributed by atoms with Crippen molar-refractivity contribution in [2.45, 2.75) is 38.8 Å². The van der Waals surface area contributed by atoms with E-state index in [0.29, 0.717) is 39.6 Å². The van der Waals surface area contributed by atoms with Gasteiger partial charge in [-0.1, -0.05) is 12.0 Å². The predicted molar refractivity (Wildman–Crippen MR) is 119 cm³/mol. The van der Waals surface area contributed by atoms with E-state index >= 15 is 0 Å². The highest BCUT2D eigenvalue weighted by atomic mass is 16.4. The quantitative estimate of drug-likeness (QED) is 0.459. The van der Waals surface area contributed by atoms with Crippen LogP contribution in [-0.4, -0.2) is 29.7 Å². The summed E-state index contributed by atoms with van der Waals surface area (Å²) >= 11 is 0. The van der Waals surface area contributed by atoms with Crippen molar-refractivity contribution in [1.82, 2.24) is 29.7 Å². The summed E-state index contributed by atoms with van der Waals surface area (Å²) in [5, 5.41) is 11.7. The van der Waals surface area contributed by atoms with E-state index < -0.39 is 0 Å². The molecule has 32 heavy (non-hydrogen) atoms. The summed E-state index contributed by atoms with van der Waals surface area (Å²) in [7, 11) is 0. The average molecular weight is 428 g/mol. The van der Waals surface area contributed by atoms with Gasteiger partial charge in [-0.15, -0.1) is 16.6 Å². The van der Waals surface area contributed by atoms with Crippen molar-refractivity contribution in [3.63, 3.8) is 0 Å². The Labute approximate surface area is 182 Å². The molecule has 0 radical (unpaired) electrons. The van der Waals surface area contributed by atoms with Gasteiger partial charge in [0.15, 0.2) is 0 Å². The summed E-state index contributed by atoms with van der Waals surface area (Å²) in [6.45, 7) is 3.59. The van der Waals surface area contributed by atoms with Crippen molar-refractivity contribution in [2.24, 2.45) is 0 Å². The standard InChI is InChI=1S/C22H20N8O2/c1-4-13-6-5-7-15-16(13)22(31)30(14-8-9-14)20(27-15)11(2)26-19-17(18(23)24-10-25-19)21-29-28-12(3)32-21/h1,5-7,10-11,14H,8-9H2,2-3H3,(H3,23,24,25,26)/t11-/m0/s1. The van der Waals surface area contributed by atoms with E-state index in [2.05, 4.69) is 31.4 Å². The van der Waals surface area contributed by atoms with Crippen molar-refractivity contribution in [2.75, 3.05) is 11.1 Å². The highest BCUT2D eigenvalue weighted by Crippen LogP contribution is 2.37. The molecule has 1 fully saturated rings. The Morgan fingerprint density at radius 3 is 2.81 bits per heavy atom. The van der Waals surface area contributed by atoms with Gasteiger partial charge < -0.3 is 15.5 Å². The largest absolute Gasteiger partial charge is 0.421 e. The molecule has 4 aromatic rings. The number of benzene rings is 1. The first-order valence-corrected chi connectivity index (χ1v) is 10.2. The molecule has 3 heterocycles. The van der Waals surface area contributed by atoms with Crippen LogP contribution in [0, 0.1) is 19.3 Å². The molecule has 0 spiro atoms. The van der Waals surface area contributed by atoms with Gasteiger partial charge in [0.25, 0.3) is 11.4 Å². The monoisotopic (exact) mass is 428 g/mol. The number of nitrogens with zero attached hydrogens (tertiary/aromatic N) is 6. The third-order valence-corrected chi connectivity index (χ3v) is 5.38. The van der Waals surface area contributed by atoms with Gasteiger partial charge in [0.2, 0.25) is 5.89 Å². The predicted octanol–water partition coefficient (Wildman–Crippen LogP) is 2.62. The van der Waals surface area contributed by atoms with Gasteiger partial charge in [-0.25, -0.2) is 15.0 Å². The molecule has 1 aliphatic carbocycles. The lowest BCUT2D eigenvalue weighted by atomic mass is 10.1. The van der Waals surface area contributed by atoms with Gasteiger partial charge >= 0.3 is 0 Å². The number of hydrogen-bond donors (Lipinski definition) is 2. The highest BCUT2D eigenvalue weighted by Gasteiger charge is 2.31. The first-order valence-electron chi connectivity index (χ1n) is 10.2. The van der Waals surface area contributed by atoms with E-state index in [4.69, 9.17) is 21.6 Å². The Bertz CT molecular complexity index is 1440. The lowest BCUT2D eigenvalue weighted by Gasteiger charge is -2.21. The summed E-state index contributed by atoms with van der Waals surface area (Å²) in [6, 6.07) is 5.05. The second-order valence-electron chi connectivity index (χ2n) is 7.70. The molecular weight excluding hydrogens is 408 g/mol. The SMILES string of the molecule is C#Cc1cccc2nc([C@H](C)Nc3ncnc(N)c3-c3nnc(C)o3)n(C3CC3)c(=O)c12. The molecule has 0 aliphatic heterocycles. The van der Waals surface area contributed by atoms with Crippen molar-refractivity contribution in [1.29, 1.82) is 0 Å². The van der Waals surface area contributed by atoms with Gasteiger partial charge in [-0.3, -0.25) is 9.36 Å². The zero-order valence-corrected chi connectivity index (χ0v) is 17.5. The lowest BCUT2D eigenvalue weighted by molar-refractivity contribution is 0.532. The first-order chi connectivity index (χ1) is 15.5. The number of nitrogens with one attached hydrogen (secondary N) is 1. The minimum atomic E-state index is -0.390. The van der Waals surface area contributed by atoms with E-state index in [1.54, 1.807) is 29.7 Å². The zero-order valence-electron chi connectivity index (χ0n) is 17.5. The topological polar surface area (TPSA) is 138 Å². The highest BCUT2D eigenvalue weighted by molar-refractivity contribution is 5.84. The molecule has 0 saturated heterocycles. The Balaban J connectivity index is 1.62. The molecule has 3 N–H and O–H groups in total. The molecule has 10 nitrogen and oxygen atoms in total. The van der Waals surface area contributed by atoms with Crippen LogP contribution in [0.25, 0.3) is 22.4 Å². The zero-order chi connectivity index (χ0) is 22.4. The third-order valence-electron chi connectivity index (χ3n) is 5.38. The fourth-order valence-electron chi connectivity index (χ4n) is 3.76. The summed E-state index contributed by atoms with van der Waals surface area (Å²) in [5.41, 5.74) is 7.45. The van der Waals surface area contributed by atoms with E-state index in [0.717, 1.165) is 12.8 Å². The van der Waals surface area contributed by atoms with Crippen molar-refractivity contribution >= 4 is 22.5 Å².